The zero-order valence-corrected chi connectivity index (χ0v) is 42.9. The average molecular weight is 1100 g/mol. The summed E-state index contributed by atoms with van der Waals surface area (Å²) < 4.78 is 55.0. The maximum atomic E-state index is 13.6. The predicted octanol–water partition coefficient (Wildman–Crippen LogP) is 6.69. The molecule has 2 fully saturated rings. The molecule has 7 rings (SSSR count). The maximum absolute atomic E-state index is 13.6. The summed E-state index contributed by atoms with van der Waals surface area (Å²) >= 11 is 12.3. The molecule has 5 aromatic rings. The van der Waals surface area contributed by atoms with E-state index in [0.717, 1.165) is 22.3 Å². The number of halogens is 6. The summed E-state index contributed by atoms with van der Waals surface area (Å²) in [6.07, 6.45) is -4.40. The molecule has 6 heterocycles. The summed E-state index contributed by atoms with van der Waals surface area (Å²) in [4.78, 5) is 83.2. The molecule has 2 saturated heterocycles. The largest absolute Gasteiger partial charge is 0.444 e. The van der Waals surface area contributed by atoms with Crippen LogP contribution in [-0.4, -0.2) is 130 Å². The highest BCUT2D eigenvalue weighted by atomic mass is 79.9. The van der Waals surface area contributed by atoms with Crippen molar-refractivity contribution < 1.29 is 37.0 Å². The Balaban J connectivity index is 0.000000250. The van der Waals surface area contributed by atoms with Gasteiger partial charge in [0.05, 0.1) is 16.3 Å². The topological polar surface area (TPSA) is 210 Å². The number of alkyl halides is 3. The third kappa shape index (κ3) is 11.9. The van der Waals surface area contributed by atoms with Crippen molar-refractivity contribution in [2.24, 2.45) is 0 Å². The summed E-state index contributed by atoms with van der Waals surface area (Å²) in [5.41, 5.74) is -0.298. The van der Waals surface area contributed by atoms with Crippen LogP contribution >= 0.6 is 43.5 Å². The van der Waals surface area contributed by atoms with Crippen molar-refractivity contribution in [1.82, 2.24) is 48.5 Å². The number of hydrogen-bond acceptors (Lipinski definition) is 13. The Morgan fingerprint density at radius 3 is 1.76 bits per heavy atom. The normalized spacial score (nSPS) is 14.9. The van der Waals surface area contributed by atoms with E-state index in [1.807, 2.05) is 44.4 Å². The highest BCUT2D eigenvalue weighted by molar-refractivity contribution is 9.10. The number of anilines is 3. The van der Waals surface area contributed by atoms with Gasteiger partial charge < -0.3 is 43.9 Å². The molecule has 2 N–H and O–H groups in total. The van der Waals surface area contributed by atoms with Gasteiger partial charge in [-0.25, -0.2) is 9.59 Å². The number of H-pyrrole nitrogens is 1. The van der Waals surface area contributed by atoms with Crippen molar-refractivity contribution >= 4 is 90.2 Å². The minimum atomic E-state index is -4.64. The number of rotatable bonds is 7. The molecule has 4 aromatic heterocycles. The number of nitrogens with one attached hydrogen (secondary N) is 2. The Morgan fingerprint density at radius 2 is 1.26 bits per heavy atom. The molecule has 20 nitrogen and oxygen atoms in total. The van der Waals surface area contributed by atoms with Gasteiger partial charge in [0.15, 0.2) is 0 Å². The Kier molecular flexibility index (Phi) is 15.5. The number of fused-ring (bicyclic) bond motifs is 2. The highest BCUT2D eigenvalue weighted by Crippen LogP contribution is 2.37. The SMILES string of the molecule is CCc1[nH]c2nc(Br)nn2c(=O)c1N1CCN(C(=O)OC(C)(C)C)CC1.CCc1c(N2CCN(C(=O)OC(C)(C)C)CC2)c(=O)n2nc(Br)nc2n1CC(=O)Nc1cc(Cl)c(C(F)(F)F)cc1C. The zero-order valence-electron chi connectivity index (χ0n) is 39.0. The summed E-state index contributed by atoms with van der Waals surface area (Å²) in [6, 6.07) is 1.93. The molecule has 26 heteroatoms. The first-order valence-corrected chi connectivity index (χ1v) is 23.6. The first-order valence-electron chi connectivity index (χ1n) is 21.7. The molecule has 0 aliphatic carbocycles. The first-order chi connectivity index (χ1) is 31.7. The number of nitrogens with zero attached hydrogens (tertiary/aromatic N) is 11. The average Bonchev–Trinajstić information content (AvgIpc) is 3.83. The van der Waals surface area contributed by atoms with Gasteiger partial charge >= 0.3 is 18.4 Å². The number of aromatic amines is 1. The molecule has 370 valence electrons. The molecule has 2 aliphatic heterocycles. The van der Waals surface area contributed by atoms with Crippen molar-refractivity contribution in [3.63, 3.8) is 0 Å². The predicted molar refractivity (Wildman–Crippen MR) is 255 cm³/mol. The van der Waals surface area contributed by atoms with Crippen molar-refractivity contribution in [2.45, 2.75) is 99.1 Å². The summed E-state index contributed by atoms with van der Waals surface area (Å²) in [5, 5.41) is 10.3. The van der Waals surface area contributed by atoms with E-state index in [9.17, 15) is 37.1 Å². The number of piperazine rings is 2. The van der Waals surface area contributed by atoms with E-state index in [1.54, 1.807) is 35.1 Å². The smallest absolute Gasteiger partial charge is 0.417 e. The molecule has 1 aromatic carbocycles. The Hall–Kier alpha value is -5.43. The number of benzene rings is 1. The van der Waals surface area contributed by atoms with Gasteiger partial charge in [-0.1, -0.05) is 25.4 Å². The van der Waals surface area contributed by atoms with Crippen LogP contribution in [0.25, 0.3) is 11.6 Å². The number of aryl methyl sites for hydroxylation is 2. The molecular formula is C42H53Br2ClF3N13O7. The molecule has 0 radical (unpaired) electrons. The van der Waals surface area contributed by atoms with Crippen molar-refractivity contribution in [1.29, 1.82) is 0 Å². The van der Waals surface area contributed by atoms with Gasteiger partial charge in [0.1, 0.15) is 29.1 Å². The van der Waals surface area contributed by atoms with E-state index in [2.05, 4.69) is 62.3 Å². The van der Waals surface area contributed by atoms with E-state index < -0.39 is 45.5 Å². The number of hydrogen-bond donors (Lipinski definition) is 2. The first kappa shape index (κ1) is 52.0. The number of carbonyl (C=O) groups is 3. The fourth-order valence-corrected chi connectivity index (χ4v) is 8.58. The molecule has 68 heavy (non-hydrogen) atoms. The number of carbonyl (C=O) groups excluding carboxylic acids is 3. The Bertz CT molecular complexity index is 2840. The molecular weight excluding hydrogens is 1050 g/mol. The summed E-state index contributed by atoms with van der Waals surface area (Å²) in [6.45, 7) is 19.2. The molecule has 3 amide bonds. The summed E-state index contributed by atoms with van der Waals surface area (Å²) in [5.74, 6) is -0.0546. The van der Waals surface area contributed by atoms with Crippen LogP contribution in [0.5, 0.6) is 0 Å². The molecule has 0 saturated carbocycles. The lowest BCUT2D eigenvalue weighted by molar-refractivity contribution is -0.137. The second-order valence-electron chi connectivity index (χ2n) is 18.0. The third-order valence-corrected chi connectivity index (χ3v) is 11.7. The monoisotopic (exact) mass is 1100 g/mol. The lowest BCUT2D eigenvalue weighted by Gasteiger charge is -2.37. The lowest BCUT2D eigenvalue weighted by Crippen LogP contribution is -2.51. The Labute approximate surface area is 410 Å². The molecule has 0 bridgehead atoms. The van der Waals surface area contributed by atoms with Crippen molar-refractivity contribution in [3.8, 4) is 0 Å². The lowest BCUT2D eigenvalue weighted by atomic mass is 10.1. The second kappa shape index (κ2) is 20.3. The van der Waals surface area contributed by atoms with Crippen LogP contribution in [0.4, 0.5) is 39.8 Å². The Morgan fingerprint density at radius 1 is 0.765 bits per heavy atom. The van der Waals surface area contributed by atoms with Crippen LogP contribution in [0.15, 0.2) is 31.2 Å². The van der Waals surface area contributed by atoms with Crippen LogP contribution in [-0.2, 0) is 39.8 Å². The molecule has 0 atom stereocenters. The van der Waals surface area contributed by atoms with Gasteiger partial charge in [-0.3, -0.25) is 14.4 Å². The van der Waals surface area contributed by atoms with E-state index in [4.69, 9.17) is 21.1 Å². The number of aromatic nitrogens is 8. The zero-order chi connectivity index (χ0) is 50.2. The van der Waals surface area contributed by atoms with Crippen LogP contribution < -0.4 is 26.2 Å². The second-order valence-corrected chi connectivity index (χ2v) is 19.8. The fraction of sp³-hybridized carbons (Fsp3) is 0.548. The maximum Gasteiger partial charge on any atom is 0.417 e. The van der Waals surface area contributed by atoms with Crippen LogP contribution in [0, 0.1) is 6.92 Å². The molecule has 0 unspecified atom stereocenters. The minimum Gasteiger partial charge on any atom is -0.444 e. The van der Waals surface area contributed by atoms with Crippen molar-refractivity contribution in [2.75, 3.05) is 67.5 Å². The number of ether oxygens (including phenoxy) is 2. The minimum absolute atomic E-state index is 0.109. The fourth-order valence-electron chi connectivity index (χ4n) is 7.66. The quantitative estimate of drug-likeness (QED) is 0.174. The molecule has 0 spiro atoms. The van der Waals surface area contributed by atoms with Gasteiger partial charge in [0.25, 0.3) is 11.1 Å². The van der Waals surface area contributed by atoms with Gasteiger partial charge in [-0.2, -0.15) is 32.2 Å². The van der Waals surface area contributed by atoms with Crippen LogP contribution in [0.2, 0.25) is 5.02 Å². The standard InChI is InChI=1S/C26H30BrClF3N7O4.C16H23BrN6O3/c1-6-18-20(35-7-9-36(10-8-35)24(41)42-25(3,4)5)21(40)38-23(33-22(27)34-38)37(18)13-19(39)32-17-12-16(28)15(11-14(17)2)26(29,30)31;1-5-10-11(12(24)23-14(18-10)19-13(17)20-23)21-6-8-22(9-7-21)15(25)26-16(2,3)4/h11-12H,6-10,13H2,1-5H3,(H,32,39);5-9H2,1-4H3,(H,18,19,20). The van der Waals surface area contributed by atoms with E-state index in [1.165, 1.54) is 11.4 Å². The van der Waals surface area contributed by atoms with Gasteiger partial charge in [-0.15, -0.1) is 10.2 Å². The van der Waals surface area contributed by atoms with E-state index in [-0.39, 0.29) is 40.0 Å². The van der Waals surface area contributed by atoms with E-state index in [0.29, 0.717) is 92.8 Å². The van der Waals surface area contributed by atoms with Crippen molar-refractivity contribution in [3.05, 3.63) is 69.8 Å². The van der Waals surface area contributed by atoms with Crippen LogP contribution in [0.3, 0.4) is 0 Å². The highest BCUT2D eigenvalue weighted by Gasteiger charge is 2.35. The van der Waals surface area contributed by atoms with Gasteiger partial charge in [0.2, 0.25) is 26.9 Å². The van der Waals surface area contributed by atoms with Crippen LogP contribution in [0.1, 0.15) is 77.9 Å². The molecule has 2 aliphatic rings. The third-order valence-electron chi connectivity index (χ3n) is 10.7. The van der Waals surface area contributed by atoms with Gasteiger partial charge in [-0.05, 0) is 111 Å². The van der Waals surface area contributed by atoms with Gasteiger partial charge in [0, 0.05) is 63.7 Å². The number of amides is 3. The summed E-state index contributed by atoms with van der Waals surface area (Å²) in [7, 11) is 0. The van der Waals surface area contributed by atoms with E-state index >= 15 is 0 Å².